The summed E-state index contributed by atoms with van der Waals surface area (Å²) in [4.78, 5) is 13.8. The first-order valence-electron chi connectivity index (χ1n) is 4.18. The number of halogens is 3. The molecule has 0 bridgehead atoms. The maximum absolute atomic E-state index is 13.2. The summed E-state index contributed by atoms with van der Waals surface area (Å²) in [6.07, 6.45) is 0. The Balaban J connectivity index is 3.05. The minimum atomic E-state index is -1.58. The van der Waals surface area contributed by atoms with Gasteiger partial charge in [-0.25, -0.2) is 13.2 Å². The van der Waals surface area contributed by atoms with Gasteiger partial charge < -0.3 is 4.98 Å². The van der Waals surface area contributed by atoms with Crippen LogP contribution in [0.15, 0.2) is 16.9 Å². The van der Waals surface area contributed by atoms with Gasteiger partial charge in [-0.3, -0.25) is 4.79 Å². The molecule has 0 unspecified atom stereocenters. The molecule has 5 heteroatoms. The van der Waals surface area contributed by atoms with Crippen LogP contribution in [-0.2, 0) is 0 Å². The predicted octanol–water partition coefficient (Wildman–Crippen LogP) is 2.25. The number of fused-ring (bicyclic) bond motifs is 1. The number of rotatable bonds is 0. The van der Waals surface area contributed by atoms with E-state index in [1.165, 1.54) is 13.0 Å². The van der Waals surface area contributed by atoms with Gasteiger partial charge in [-0.2, -0.15) is 0 Å². The third-order valence-electron chi connectivity index (χ3n) is 2.10. The fourth-order valence-corrected chi connectivity index (χ4v) is 1.42. The molecule has 0 saturated carbocycles. The van der Waals surface area contributed by atoms with Gasteiger partial charge in [-0.1, -0.05) is 0 Å². The molecule has 0 fully saturated rings. The van der Waals surface area contributed by atoms with Gasteiger partial charge in [-0.15, -0.1) is 0 Å². The highest BCUT2D eigenvalue weighted by molar-refractivity contribution is 5.79. The minimum absolute atomic E-state index is 0.197. The first kappa shape index (κ1) is 9.76. The summed E-state index contributed by atoms with van der Waals surface area (Å²) in [5.41, 5.74) is -0.463. The summed E-state index contributed by atoms with van der Waals surface area (Å²) in [6.45, 7) is 1.53. The largest absolute Gasteiger partial charge is 0.356 e. The topological polar surface area (TPSA) is 32.9 Å². The highest BCUT2D eigenvalue weighted by atomic mass is 19.2. The zero-order chi connectivity index (χ0) is 11.2. The SMILES string of the molecule is Cc1cc(=O)c2cc(F)c(F)c(F)c2[nH]1. The Labute approximate surface area is 82.4 Å². The van der Waals surface area contributed by atoms with Crippen molar-refractivity contribution in [1.29, 1.82) is 0 Å². The number of aromatic amines is 1. The van der Waals surface area contributed by atoms with E-state index in [0.717, 1.165) is 0 Å². The molecule has 1 heterocycles. The second-order valence-corrected chi connectivity index (χ2v) is 3.23. The van der Waals surface area contributed by atoms with Crippen LogP contribution < -0.4 is 5.43 Å². The predicted molar refractivity (Wildman–Crippen MR) is 49.2 cm³/mol. The standard InChI is InChI=1S/C10H6F3NO/c1-4-2-7(15)5-3-6(11)8(12)9(13)10(5)14-4/h2-3H,1H3,(H,14,15). The zero-order valence-corrected chi connectivity index (χ0v) is 7.70. The highest BCUT2D eigenvalue weighted by Crippen LogP contribution is 2.19. The van der Waals surface area contributed by atoms with Crippen molar-refractivity contribution in [2.45, 2.75) is 6.92 Å². The van der Waals surface area contributed by atoms with Crippen LogP contribution in [0.2, 0.25) is 0 Å². The van der Waals surface area contributed by atoms with E-state index in [-0.39, 0.29) is 10.9 Å². The average Bonchev–Trinajstić information content (AvgIpc) is 2.17. The van der Waals surface area contributed by atoms with Crippen LogP contribution in [0.5, 0.6) is 0 Å². The third-order valence-corrected chi connectivity index (χ3v) is 2.10. The van der Waals surface area contributed by atoms with Crippen molar-refractivity contribution in [3.63, 3.8) is 0 Å². The van der Waals surface area contributed by atoms with E-state index in [2.05, 4.69) is 4.98 Å². The second-order valence-electron chi connectivity index (χ2n) is 3.23. The highest BCUT2D eigenvalue weighted by Gasteiger charge is 2.15. The molecule has 0 aliphatic heterocycles. The Kier molecular flexibility index (Phi) is 2.03. The number of nitrogens with one attached hydrogen (secondary N) is 1. The van der Waals surface area contributed by atoms with Gasteiger partial charge in [-0.05, 0) is 13.0 Å². The van der Waals surface area contributed by atoms with Crippen molar-refractivity contribution in [2.24, 2.45) is 0 Å². The monoisotopic (exact) mass is 213 g/mol. The molecule has 0 aliphatic carbocycles. The lowest BCUT2D eigenvalue weighted by molar-refractivity contribution is 0.452. The minimum Gasteiger partial charge on any atom is -0.356 e. The van der Waals surface area contributed by atoms with Gasteiger partial charge in [0.15, 0.2) is 22.9 Å². The zero-order valence-electron chi connectivity index (χ0n) is 7.70. The fourth-order valence-electron chi connectivity index (χ4n) is 1.42. The Morgan fingerprint density at radius 2 is 1.80 bits per heavy atom. The first-order valence-corrected chi connectivity index (χ1v) is 4.18. The Morgan fingerprint density at radius 1 is 1.13 bits per heavy atom. The summed E-state index contributed by atoms with van der Waals surface area (Å²) >= 11 is 0. The van der Waals surface area contributed by atoms with Crippen molar-refractivity contribution >= 4 is 10.9 Å². The molecule has 1 aromatic heterocycles. The van der Waals surface area contributed by atoms with Crippen LogP contribution in [-0.4, -0.2) is 4.98 Å². The number of hydrogen-bond acceptors (Lipinski definition) is 1. The maximum atomic E-state index is 13.2. The van der Waals surface area contributed by atoms with E-state index >= 15 is 0 Å². The normalized spacial score (nSPS) is 10.9. The molecule has 0 radical (unpaired) electrons. The molecule has 15 heavy (non-hydrogen) atoms. The van der Waals surface area contributed by atoms with Crippen molar-refractivity contribution in [1.82, 2.24) is 4.98 Å². The molecule has 2 rings (SSSR count). The molecule has 0 spiro atoms. The lowest BCUT2D eigenvalue weighted by atomic mass is 10.2. The molecule has 78 valence electrons. The van der Waals surface area contributed by atoms with E-state index in [1.54, 1.807) is 0 Å². The molecule has 0 saturated heterocycles. The Morgan fingerprint density at radius 3 is 2.47 bits per heavy atom. The number of benzene rings is 1. The molecule has 0 aliphatic rings. The summed E-state index contributed by atoms with van der Waals surface area (Å²) < 4.78 is 38.9. The van der Waals surface area contributed by atoms with Crippen LogP contribution in [0.4, 0.5) is 13.2 Å². The second kappa shape index (κ2) is 3.12. The summed E-state index contributed by atoms with van der Waals surface area (Å²) in [5, 5.41) is -0.197. The summed E-state index contributed by atoms with van der Waals surface area (Å²) in [5.74, 6) is -4.32. The Bertz CT molecular complexity index is 604. The van der Waals surface area contributed by atoms with Crippen molar-refractivity contribution < 1.29 is 13.2 Å². The van der Waals surface area contributed by atoms with Gasteiger partial charge in [0.2, 0.25) is 0 Å². The van der Waals surface area contributed by atoms with Gasteiger partial charge in [0.05, 0.1) is 10.9 Å². The first-order chi connectivity index (χ1) is 7.00. The Hall–Kier alpha value is -1.78. The number of hydrogen-bond donors (Lipinski definition) is 1. The van der Waals surface area contributed by atoms with Crippen LogP contribution in [0, 0.1) is 24.4 Å². The molecule has 2 aromatic rings. The average molecular weight is 213 g/mol. The molecule has 2 nitrogen and oxygen atoms in total. The van der Waals surface area contributed by atoms with Crippen molar-refractivity contribution in [2.75, 3.05) is 0 Å². The molecule has 1 aromatic carbocycles. The quantitative estimate of drug-likeness (QED) is 0.669. The number of aryl methyl sites for hydroxylation is 1. The van der Waals surface area contributed by atoms with E-state index in [9.17, 15) is 18.0 Å². The van der Waals surface area contributed by atoms with Crippen LogP contribution in [0.25, 0.3) is 10.9 Å². The number of aromatic nitrogens is 1. The number of H-pyrrole nitrogens is 1. The van der Waals surface area contributed by atoms with E-state index < -0.39 is 22.9 Å². The molecular weight excluding hydrogens is 207 g/mol. The van der Waals surface area contributed by atoms with Gasteiger partial charge in [0.25, 0.3) is 0 Å². The maximum Gasteiger partial charge on any atom is 0.196 e. The third kappa shape index (κ3) is 1.40. The molecular formula is C10H6F3NO. The fraction of sp³-hybridized carbons (Fsp3) is 0.100. The van der Waals surface area contributed by atoms with E-state index in [1.807, 2.05) is 0 Å². The van der Waals surface area contributed by atoms with Gasteiger partial charge in [0.1, 0.15) is 0 Å². The van der Waals surface area contributed by atoms with Gasteiger partial charge >= 0.3 is 0 Å². The summed E-state index contributed by atoms with van der Waals surface area (Å²) in [7, 11) is 0. The summed E-state index contributed by atoms with van der Waals surface area (Å²) in [6, 6.07) is 1.88. The van der Waals surface area contributed by atoms with Gasteiger partial charge in [0, 0.05) is 11.8 Å². The molecule has 0 amide bonds. The van der Waals surface area contributed by atoms with Crippen LogP contribution >= 0.6 is 0 Å². The number of pyridine rings is 1. The van der Waals surface area contributed by atoms with Crippen LogP contribution in [0.3, 0.4) is 0 Å². The van der Waals surface area contributed by atoms with Crippen molar-refractivity contribution in [3.05, 3.63) is 45.5 Å². The van der Waals surface area contributed by atoms with E-state index in [0.29, 0.717) is 11.8 Å². The van der Waals surface area contributed by atoms with Crippen molar-refractivity contribution in [3.8, 4) is 0 Å². The lowest BCUT2D eigenvalue weighted by Gasteiger charge is -2.02. The lowest BCUT2D eigenvalue weighted by Crippen LogP contribution is -2.06. The molecule has 1 N–H and O–H groups in total. The smallest absolute Gasteiger partial charge is 0.196 e. The van der Waals surface area contributed by atoms with E-state index in [4.69, 9.17) is 0 Å². The molecule has 0 atom stereocenters. The van der Waals surface area contributed by atoms with Crippen LogP contribution in [0.1, 0.15) is 5.69 Å².